The third kappa shape index (κ3) is 5.93. The Morgan fingerprint density at radius 3 is 1.75 bits per heavy atom. The van der Waals surface area contributed by atoms with Gasteiger partial charge in [-0.1, -0.05) is 33.1 Å². The fourth-order valence-corrected chi connectivity index (χ4v) is 2.49. The van der Waals surface area contributed by atoms with E-state index in [1.165, 1.54) is 0 Å². The van der Waals surface area contributed by atoms with Gasteiger partial charge in [-0.05, 0) is 32.1 Å². The second kappa shape index (κ2) is 9.78. The Balaban J connectivity index is 2.33. The van der Waals surface area contributed by atoms with Crippen molar-refractivity contribution < 1.29 is 19.1 Å². The van der Waals surface area contributed by atoms with Crippen molar-refractivity contribution in [3.8, 4) is 0 Å². The predicted molar refractivity (Wildman–Crippen MR) is 77.2 cm³/mol. The predicted octanol–water partition coefficient (Wildman–Crippen LogP) is 3.48. The molecule has 20 heavy (non-hydrogen) atoms. The lowest BCUT2D eigenvalue weighted by Crippen LogP contribution is -2.30. The SMILES string of the molecule is CCCCOC(=O)C1CCCC(C(=O)OCCCC)C1. The molecular formula is C16H28O4. The fraction of sp³-hybridized carbons (Fsp3) is 0.875. The van der Waals surface area contributed by atoms with Gasteiger partial charge >= 0.3 is 11.9 Å². The van der Waals surface area contributed by atoms with Crippen molar-refractivity contribution in [2.45, 2.75) is 65.2 Å². The third-order valence-electron chi connectivity index (χ3n) is 3.83. The highest BCUT2D eigenvalue weighted by Crippen LogP contribution is 2.30. The molecule has 0 bridgehead atoms. The van der Waals surface area contributed by atoms with Gasteiger partial charge in [-0.15, -0.1) is 0 Å². The van der Waals surface area contributed by atoms with Gasteiger partial charge < -0.3 is 9.47 Å². The lowest BCUT2D eigenvalue weighted by Gasteiger charge is -2.26. The van der Waals surface area contributed by atoms with Crippen molar-refractivity contribution in [2.24, 2.45) is 11.8 Å². The van der Waals surface area contributed by atoms with Crippen molar-refractivity contribution >= 4 is 11.9 Å². The first kappa shape index (κ1) is 17.0. The molecule has 1 saturated carbocycles. The Morgan fingerprint density at radius 2 is 1.35 bits per heavy atom. The number of carbonyl (C=O) groups is 2. The summed E-state index contributed by atoms with van der Waals surface area (Å²) in [6.45, 7) is 5.13. The summed E-state index contributed by atoms with van der Waals surface area (Å²) in [4.78, 5) is 23.9. The molecule has 1 aliphatic rings. The van der Waals surface area contributed by atoms with E-state index < -0.39 is 0 Å². The Morgan fingerprint density at radius 1 is 0.900 bits per heavy atom. The summed E-state index contributed by atoms with van der Waals surface area (Å²) in [6.07, 6.45) is 7.01. The molecule has 0 aromatic heterocycles. The van der Waals surface area contributed by atoms with Gasteiger partial charge in [0.25, 0.3) is 0 Å². The molecule has 0 aliphatic heterocycles. The zero-order valence-corrected chi connectivity index (χ0v) is 12.9. The van der Waals surface area contributed by atoms with Crippen LogP contribution < -0.4 is 0 Å². The summed E-state index contributed by atoms with van der Waals surface area (Å²) in [5.41, 5.74) is 0. The Labute approximate surface area is 122 Å². The summed E-state index contributed by atoms with van der Waals surface area (Å²) in [5.74, 6) is -0.511. The first-order valence-corrected chi connectivity index (χ1v) is 8.02. The molecule has 0 radical (unpaired) electrons. The van der Waals surface area contributed by atoms with Crippen molar-refractivity contribution in [1.29, 1.82) is 0 Å². The van der Waals surface area contributed by atoms with Gasteiger partial charge in [0.1, 0.15) is 0 Å². The van der Waals surface area contributed by atoms with Crippen LogP contribution in [0.15, 0.2) is 0 Å². The van der Waals surface area contributed by atoms with Crippen LogP contribution in [-0.2, 0) is 19.1 Å². The van der Waals surface area contributed by atoms with Crippen LogP contribution in [0.4, 0.5) is 0 Å². The maximum absolute atomic E-state index is 11.9. The standard InChI is InChI=1S/C16H28O4/c1-3-5-10-19-15(17)13-8-7-9-14(12-13)16(18)20-11-6-4-2/h13-14H,3-12H2,1-2H3. The van der Waals surface area contributed by atoms with Crippen molar-refractivity contribution in [1.82, 2.24) is 0 Å². The summed E-state index contributed by atoms with van der Waals surface area (Å²) in [7, 11) is 0. The second-order valence-corrected chi connectivity index (χ2v) is 5.60. The van der Waals surface area contributed by atoms with Crippen LogP contribution in [0.1, 0.15) is 65.2 Å². The maximum Gasteiger partial charge on any atom is 0.308 e. The van der Waals surface area contributed by atoms with Crippen LogP contribution in [-0.4, -0.2) is 25.2 Å². The highest BCUT2D eigenvalue weighted by Gasteiger charge is 2.32. The smallest absolute Gasteiger partial charge is 0.308 e. The van der Waals surface area contributed by atoms with Crippen LogP contribution in [0.5, 0.6) is 0 Å². The summed E-state index contributed by atoms with van der Waals surface area (Å²) >= 11 is 0. The number of hydrogen-bond donors (Lipinski definition) is 0. The van der Waals surface area contributed by atoms with Gasteiger partial charge in [0.05, 0.1) is 25.0 Å². The van der Waals surface area contributed by atoms with E-state index in [-0.39, 0.29) is 23.8 Å². The molecule has 0 N–H and O–H groups in total. The molecule has 4 nitrogen and oxygen atoms in total. The van der Waals surface area contributed by atoms with Crippen molar-refractivity contribution in [2.75, 3.05) is 13.2 Å². The minimum atomic E-state index is -0.135. The Kier molecular flexibility index (Phi) is 8.31. The third-order valence-corrected chi connectivity index (χ3v) is 3.83. The molecule has 0 heterocycles. The summed E-state index contributed by atoms with van der Waals surface area (Å²) in [6, 6.07) is 0. The minimum absolute atomic E-state index is 0.121. The average molecular weight is 284 g/mol. The van der Waals surface area contributed by atoms with Gasteiger partial charge in [-0.25, -0.2) is 0 Å². The molecule has 0 aromatic rings. The fourth-order valence-electron chi connectivity index (χ4n) is 2.49. The van der Waals surface area contributed by atoms with Gasteiger partial charge in [0.2, 0.25) is 0 Å². The molecule has 2 unspecified atom stereocenters. The number of ether oxygens (including phenoxy) is 2. The zero-order chi connectivity index (χ0) is 14.8. The first-order valence-electron chi connectivity index (χ1n) is 8.02. The van der Waals surface area contributed by atoms with Crippen LogP contribution in [0, 0.1) is 11.8 Å². The van der Waals surface area contributed by atoms with E-state index >= 15 is 0 Å². The summed E-state index contributed by atoms with van der Waals surface area (Å²) in [5, 5.41) is 0. The Bertz CT molecular complexity index is 273. The normalized spacial score (nSPS) is 22.3. The van der Waals surface area contributed by atoms with Crippen LogP contribution in [0.3, 0.4) is 0 Å². The highest BCUT2D eigenvalue weighted by molar-refractivity contribution is 5.76. The zero-order valence-electron chi connectivity index (χ0n) is 12.9. The van der Waals surface area contributed by atoms with Crippen LogP contribution >= 0.6 is 0 Å². The molecule has 2 atom stereocenters. The molecule has 0 spiro atoms. The van der Waals surface area contributed by atoms with Gasteiger partial charge in [0.15, 0.2) is 0 Å². The Hall–Kier alpha value is -1.06. The molecule has 1 rings (SSSR count). The average Bonchev–Trinajstić information content (AvgIpc) is 2.47. The second-order valence-electron chi connectivity index (χ2n) is 5.60. The van der Waals surface area contributed by atoms with Gasteiger partial charge in [-0.2, -0.15) is 0 Å². The highest BCUT2D eigenvalue weighted by atomic mass is 16.5. The topological polar surface area (TPSA) is 52.6 Å². The van der Waals surface area contributed by atoms with E-state index in [1.54, 1.807) is 0 Å². The number of unbranched alkanes of at least 4 members (excludes halogenated alkanes) is 2. The number of hydrogen-bond acceptors (Lipinski definition) is 4. The quantitative estimate of drug-likeness (QED) is 0.506. The molecule has 1 fully saturated rings. The number of esters is 2. The van der Waals surface area contributed by atoms with Gasteiger partial charge in [-0.3, -0.25) is 9.59 Å². The largest absolute Gasteiger partial charge is 0.465 e. The lowest BCUT2D eigenvalue weighted by molar-refractivity contribution is -0.155. The molecule has 1 aliphatic carbocycles. The van der Waals surface area contributed by atoms with E-state index in [0.717, 1.165) is 44.9 Å². The molecule has 0 amide bonds. The maximum atomic E-state index is 11.9. The minimum Gasteiger partial charge on any atom is -0.465 e. The molecule has 4 heteroatoms. The van der Waals surface area contributed by atoms with E-state index in [9.17, 15) is 9.59 Å². The van der Waals surface area contributed by atoms with Crippen LogP contribution in [0.25, 0.3) is 0 Å². The molecule has 0 aromatic carbocycles. The van der Waals surface area contributed by atoms with E-state index in [1.807, 2.05) is 0 Å². The van der Waals surface area contributed by atoms with E-state index in [0.29, 0.717) is 19.6 Å². The van der Waals surface area contributed by atoms with E-state index in [2.05, 4.69) is 13.8 Å². The summed E-state index contributed by atoms with van der Waals surface area (Å²) < 4.78 is 10.5. The van der Waals surface area contributed by atoms with E-state index in [4.69, 9.17) is 9.47 Å². The monoisotopic (exact) mass is 284 g/mol. The number of carbonyl (C=O) groups excluding carboxylic acids is 2. The lowest BCUT2D eigenvalue weighted by atomic mass is 9.81. The van der Waals surface area contributed by atoms with Crippen molar-refractivity contribution in [3.05, 3.63) is 0 Å². The first-order chi connectivity index (χ1) is 9.69. The van der Waals surface area contributed by atoms with Crippen molar-refractivity contribution in [3.63, 3.8) is 0 Å². The molecule has 0 saturated heterocycles. The number of rotatable bonds is 8. The molecule has 116 valence electrons. The van der Waals surface area contributed by atoms with Gasteiger partial charge in [0, 0.05) is 0 Å². The van der Waals surface area contributed by atoms with Crippen LogP contribution in [0.2, 0.25) is 0 Å². The molecular weight excluding hydrogens is 256 g/mol.